The third-order valence-electron chi connectivity index (χ3n) is 4.90. The van der Waals surface area contributed by atoms with Gasteiger partial charge in [0, 0.05) is 18.0 Å². The van der Waals surface area contributed by atoms with Gasteiger partial charge in [0.1, 0.15) is 22.2 Å². The topological polar surface area (TPSA) is 55.6 Å². The molecule has 0 amide bonds. The van der Waals surface area contributed by atoms with E-state index in [0.29, 0.717) is 4.99 Å². The lowest BCUT2D eigenvalue weighted by Gasteiger charge is -2.19. The zero-order valence-corrected chi connectivity index (χ0v) is 17.4. The SMILES string of the molecule is CCCCCCCCCC(NC(=S)c1ccncc1)n1nc2ccccc2n1. The molecule has 0 aliphatic rings. The summed E-state index contributed by atoms with van der Waals surface area (Å²) in [6.07, 6.45) is 13.3. The predicted molar refractivity (Wildman–Crippen MR) is 118 cm³/mol. The van der Waals surface area contributed by atoms with E-state index in [0.717, 1.165) is 29.4 Å². The van der Waals surface area contributed by atoms with Crippen molar-refractivity contribution in [1.82, 2.24) is 25.3 Å². The third-order valence-corrected chi connectivity index (χ3v) is 5.26. The van der Waals surface area contributed by atoms with Gasteiger partial charge in [-0.2, -0.15) is 15.0 Å². The molecule has 1 N–H and O–H groups in total. The standard InChI is InChI=1S/C22H29N5S/c1-2-3-4-5-6-7-8-13-21(24-22(28)18-14-16-23-17-15-18)27-25-19-11-9-10-12-20(19)26-27/h9-12,14-17,21H,2-8,13H2,1H3,(H,24,28). The molecule has 0 saturated carbocycles. The smallest absolute Gasteiger partial charge is 0.141 e. The number of unbranched alkanes of at least 4 members (excludes halogenated alkanes) is 6. The molecule has 1 unspecified atom stereocenters. The van der Waals surface area contributed by atoms with E-state index < -0.39 is 0 Å². The van der Waals surface area contributed by atoms with Gasteiger partial charge in [-0.15, -0.1) is 0 Å². The summed E-state index contributed by atoms with van der Waals surface area (Å²) in [4.78, 5) is 6.56. The Morgan fingerprint density at radius 2 is 1.54 bits per heavy atom. The van der Waals surface area contributed by atoms with Crippen molar-refractivity contribution in [2.75, 3.05) is 0 Å². The summed E-state index contributed by atoms with van der Waals surface area (Å²) in [6, 6.07) is 11.8. The van der Waals surface area contributed by atoms with Crippen LogP contribution < -0.4 is 5.32 Å². The van der Waals surface area contributed by atoms with Gasteiger partial charge in [0.25, 0.3) is 0 Å². The first-order valence-corrected chi connectivity index (χ1v) is 10.7. The van der Waals surface area contributed by atoms with Gasteiger partial charge in [-0.25, -0.2) is 0 Å². The Bertz CT molecular complexity index is 829. The molecule has 0 fully saturated rings. The Kier molecular flexibility index (Phi) is 7.91. The monoisotopic (exact) mass is 395 g/mol. The van der Waals surface area contributed by atoms with Crippen molar-refractivity contribution in [3.63, 3.8) is 0 Å². The molecule has 0 aliphatic carbocycles. The van der Waals surface area contributed by atoms with E-state index in [1.807, 2.05) is 36.4 Å². The highest BCUT2D eigenvalue weighted by Gasteiger charge is 2.16. The predicted octanol–water partition coefficient (Wildman–Crippen LogP) is 5.43. The summed E-state index contributed by atoms with van der Waals surface area (Å²) in [5.74, 6) is 0. The van der Waals surface area contributed by atoms with Crippen molar-refractivity contribution >= 4 is 28.2 Å². The highest BCUT2D eigenvalue weighted by atomic mass is 32.1. The normalized spacial score (nSPS) is 12.2. The maximum Gasteiger partial charge on any atom is 0.141 e. The molecule has 3 rings (SSSR count). The molecule has 0 bridgehead atoms. The Morgan fingerprint density at radius 3 is 2.18 bits per heavy atom. The number of fused-ring (bicyclic) bond motifs is 1. The summed E-state index contributed by atoms with van der Waals surface area (Å²) in [7, 11) is 0. The first kappa shape index (κ1) is 20.4. The molecule has 1 atom stereocenters. The summed E-state index contributed by atoms with van der Waals surface area (Å²) < 4.78 is 0. The molecular formula is C22H29N5S. The quantitative estimate of drug-likeness (QED) is 0.346. The number of hydrogen-bond donors (Lipinski definition) is 1. The van der Waals surface area contributed by atoms with E-state index in [-0.39, 0.29) is 6.17 Å². The fourth-order valence-corrected chi connectivity index (χ4v) is 3.57. The zero-order valence-electron chi connectivity index (χ0n) is 16.6. The van der Waals surface area contributed by atoms with Crippen LogP contribution in [0, 0.1) is 0 Å². The summed E-state index contributed by atoms with van der Waals surface area (Å²) in [5.41, 5.74) is 2.78. The maximum absolute atomic E-state index is 5.62. The van der Waals surface area contributed by atoms with Crippen LogP contribution in [-0.4, -0.2) is 25.0 Å². The van der Waals surface area contributed by atoms with Crippen molar-refractivity contribution in [1.29, 1.82) is 0 Å². The number of rotatable bonds is 11. The second-order valence-corrected chi connectivity index (χ2v) is 7.55. The van der Waals surface area contributed by atoms with Crippen LogP contribution in [0.1, 0.15) is 70.0 Å². The minimum absolute atomic E-state index is 0.0521. The first-order valence-electron chi connectivity index (χ1n) is 10.3. The molecule has 0 spiro atoms. The van der Waals surface area contributed by atoms with E-state index in [2.05, 4.69) is 27.4 Å². The molecule has 2 heterocycles. The number of pyridine rings is 1. The molecule has 3 aromatic rings. The van der Waals surface area contributed by atoms with Crippen LogP contribution >= 0.6 is 12.2 Å². The van der Waals surface area contributed by atoms with Crippen LogP contribution in [0.25, 0.3) is 11.0 Å². The fraction of sp³-hybridized carbons (Fsp3) is 0.455. The molecular weight excluding hydrogens is 366 g/mol. The number of nitrogens with one attached hydrogen (secondary N) is 1. The van der Waals surface area contributed by atoms with E-state index >= 15 is 0 Å². The zero-order chi connectivity index (χ0) is 19.6. The van der Waals surface area contributed by atoms with Crippen molar-refractivity contribution in [2.24, 2.45) is 0 Å². The van der Waals surface area contributed by atoms with E-state index in [4.69, 9.17) is 12.2 Å². The highest BCUT2D eigenvalue weighted by Crippen LogP contribution is 2.17. The summed E-state index contributed by atoms with van der Waals surface area (Å²) in [6.45, 7) is 2.25. The Hall–Kier alpha value is -2.34. The van der Waals surface area contributed by atoms with Crippen molar-refractivity contribution in [3.8, 4) is 0 Å². The molecule has 0 aliphatic heterocycles. The van der Waals surface area contributed by atoms with Gasteiger partial charge in [-0.3, -0.25) is 4.98 Å². The molecule has 6 heteroatoms. The average Bonchev–Trinajstić information content (AvgIpc) is 3.17. The third kappa shape index (κ3) is 5.83. The molecule has 148 valence electrons. The number of hydrogen-bond acceptors (Lipinski definition) is 4. The number of nitrogens with zero attached hydrogens (tertiary/aromatic N) is 4. The summed E-state index contributed by atoms with van der Waals surface area (Å²) >= 11 is 5.62. The molecule has 0 radical (unpaired) electrons. The first-order chi connectivity index (χ1) is 13.8. The Morgan fingerprint density at radius 1 is 0.929 bits per heavy atom. The molecule has 2 aromatic heterocycles. The lowest BCUT2D eigenvalue weighted by Crippen LogP contribution is -2.33. The van der Waals surface area contributed by atoms with Gasteiger partial charge in [-0.1, -0.05) is 69.8 Å². The molecule has 1 aromatic carbocycles. The van der Waals surface area contributed by atoms with Gasteiger partial charge in [-0.05, 0) is 37.1 Å². The average molecular weight is 396 g/mol. The lowest BCUT2D eigenvalue weighted by molar-refractivity contribution is 0.348. The fourth-order valence-electron chi connectivity index (χ4n) is 3.29. The van der Waals surface area contributed by atoms with Gasteiger partial charge in [0.2, 0.25) is 0 Å². The van der Waals surface area contributed by atoms with Crippen LogP contribution in [0.4, 0.5) is 0 Å². The minimum Gasteiger partial charge on any atom is -0.353 e. The van der Waals surface area contributed by atoms with Gasteiger partial charge in [0.15, 0.2) is 0 Å². The van der Waals surface area contributed by atoms with Gasteiger partial charge >= 0.3 is 0 Å². The molecule has 0 saturated heterocycles. The molecule has 5 nitrogen and oxygen atoms in total. The Balaban J connectivity index is 1.64. The van der Waals surface area contributed by atoms with Crippen LogP contribution in [0.3, 0.4) is 0 Å². The van der Waals surface area contributed by atoms with E-state index in [1.54, 1.807) is 17.2 Å². The van der Waals surface area contributed by atoms with Gasteiger partial charge in [0.05, 0.1) is 0 Å². The summed E-state index contributed by atoms with van der Waals surface area (Å²) in [5, 5.41) is 12.8. The second-order valence-electron chi connectivity index (χ2n) is 7.14. The van der Waals surface area contributed by atoms with E-state index in [9.17, 15) is 0 Å². The number of benzene rings is 1. The van der Waals surface area contributed by atoms with Crippen molar-refractivity contribution < 1.29 is 0 Å². The minimum atomic E-state index is -0.0521. The van der Waals surface area contributed by atoms with Crippen molar-refractivity contribution in [3.05, 3.63) is 54.4 Å². The van der Waals surface area contributed by atoms with Crippen LogP contribution in [-0.2, 0) is 0 Å². The second kappa shape index (κ2) is 10.9. The lowest BCUT2D eigenvalue weighted by atomic mass is 10.1. The Labute approximate surface area is 172 Å². The van der Waals surface area contributed by atoms with Gasteiger partial charge < -0.3 is 5.32 Å². The van der Waals surface area contributed by atoms with E-state index in [1.165, 1.54) is 38.5 Å². The maximum atomic E-state index is 5.62. The van der Waals surface area contributed by atoms with Crippen molar-refractivity contribution in [2.45, 2.75) is 64.5 Å². The largest absolute Gasteiger partial charge is 0.353 e. The van der Waals surface area contributed by atoms with Crippen LogP contribution in [0.2, 0.25) is 0 Å². The molecule has 28 heavy (non-hydrogen) atoms. The number of aromatic nitrogens is 4. The number of thiocarbonyl (C=S) groups is 1. The van der Waals surface area contributed by atoms with Crippen LogP contribution in [0.15, 0.2) is 48.8 Å². The van der Waals surface area contributed by atoms with Crippen LogP contribution in [0.5, 0.6) is 0 Å². The highest BCUT2D eigenvalue weighted by molar-refractivity contribution is 7.80.